The molecule has 2 N–H and O–H groups in total. The number of hydrogen-bond donors (Lipinski definition) is 2. The Bertz CT molecular complexity index is 504. The van der Waals surface area contributed by atoms with Crippen LogP contribution in [0.1, 0.15) is 24.8 Å². The maximum atomic E-state index is 13.7. The van der Waals surface area contributed by atoms with Crippen LogP contribution in [-0.4, -0.2) is 40.6 Å². The number of aliphatic hydroxyl groups excluding tert-OH is 1. The largest absolute Gasteiger partial charge is 0.392 e. The van der Waals surface area contributed by atoms with E-state index in [2.05, 4.69) is 5.32 Å². The second kappa shape index (κ2) is 5.50. The summed E-state index contributed by atoms with van der Waals surface area (Å²) in [6.45, 7) is 0.763. The molecule has 2 fully saturated rings. The van der Waals surface area contributed by atoms with Gasteiger partial charge in [-0.25, -0.2) is 4.39 Å². The molecule has 1 heterocycles. The fourth-order valence-electron chi connectivity index (χ4n) is 2.69. The molecular weight excluding hydrogens is 259 g/mol. The van der Waals surface area contributed by atoms with E-state index in [0.717, 1.165) is 12.8 Å². The molecule has 1 aromatic rings. The Hall–Kier alpha value is -1.46. The van der Waals surface area contributed by atoms with E-state index < -0.39 is 6.10 Å². The molecule has 20 heavy (non-hydrogen) atoms. The Balaban J connectivity index is 1.73. The van der Waals surface area contributed by atoms with Gasteiger partial charge in [-0.05, 0) is 25.3 Å². The second-order valence-electron chi connectivity index (χ2n) is 5.64. The van der Waals surface area contributed by atoms with Crippen molar-refractivity contribution >= 4 is 5.91 Å². The molecule has 1 saturated heterocycles. The van der Waals surface area contributed by atoms with E-state index in [1.807, 2.05) is 0 Å². The van der Waals surface area contributed by atoms with Crippen LogP contribution in [0.5, 0.6) is 0 Å². The number of hydrogen-bond acceptors (Lipinski definition) is 3. The van der Waals surface area contributed by atoms with Crippen LogP contribution in [0.25, 0.3) is 0 Å². The number of carbonyl (C=O) groups is 1. The van der Waals surface area contributed by atoms with E-state index in [1.165, 1.54) is 6.07 Å². The molecular formula is C15H19FN2O2. The normalized spacial score (nSPS) is 25.7. The van der Waals surface area contributed by atoms with Gasteiger partial charge < -0.3 is 15.3 Å². The summed E-state index contributed by atoms with van der Waals surface area (Å²) in [6, 6.07) is 6.46. The highest BCUT2D eigenvalue weighted by atomic mass is 19.1. The molecule has 1 aliphatic carbocycles. The molecule has 1 saturated carbocycles. The number of benzene rings is 1. The SMILES string of the molecule is O=C(C1CC(O)CN1)N(Cc1ccccc1F)C1CC1. The molecule has 0 spiro atoms. The maximum absolute atomic E-state index is 13.7. The summed E-state index contributed by atoms with van der Waals surface area (Å²) in [6.07, 6.45) is 1.95. The molecule has 5 heteroatoms. The first-order valence-electron chi connectivity index (χ1n) is 7.10. The molecule has 4 nitrogen and oxygen atoms in total. The van der Waals surface area contributed by atoms with Gasteiger partial charge in [-0.3, -0.25) is 4.79 Å². The zero-order chi connectivity index (χ0) is 14.1. The van der Waals surface area contributed by atoms with Crippen molar-refractivity contribution in [1.29, 1.82) is 0 Å². The average molecular weight is 278 g/mol. The van der Waals surface area contributed by atoms with Crippen molar-refractivity contribution in [3.8, 4) is 0 Å². The molecule has 0 aromatic heterocycles. The third-order valence-electron chi connectivity index (χ3n) is 3.97. The second-order valence-corrected chi connectivity index (χ2v) is 5.64. The minimum atomic E-state index is -0.460. The quantitative estimate of drug-likeness (QED) is 0.865. The van der Waals surface area contributed by atoms with Crippen molar-refractivity contribution in [3.63, 3.8) is 0 Å². The smallest absolute Gasteiger partial charge is 0.240 e. The molecule has 2 unspecified atom stereocenters. The lowest BCUT2D eigenvalue weighted by atomic mass is 10.1. The lowest BCUT2D eigenvalue weighted by molar-refractivity contribution is -0.134. The first-order chi connectivity index (χ1) is 9.65. The Morgan fingerprint density at radius 1 is 1.40 bits per heavy atom. The van der Waals surface area contributed by atoms with E-state index in [4.69, 9.17) is 0 Å². The van der Waals surface area contributed by atoms with Crippen molar-refractivity contribution < 1.29 is 14.3 Å². The highest BCUT2D eigenvalue weighted by Crippen LogP contribution is 2.30. The highest BCUT2D eigenvalue weighted by molar-refractivity contribution is 5.83. The molecule has 2 aliphatic rings. The van der Waals surface area contributed by atoms with Gasteiger partial charge in [-0.1, -0.05) is 18.2 Å². The van der Waals surface area contributed by atoms with Crippen LogP contribution in [0.4, 0.5) is 4.39 Å². The number of carbonyl (C=O) groups excluding carboxylic acids is 1. The lowest BCUT2D eigenvalue weighted by Crippen LogP contribution is -2.44. The van der Waals surface area contributed by atoms with Crippen molar-refractivity contribution in [2.45, 2.75) is 44.0 Å². The zero-order valence-electron chi connectivity index (χ0n) is 11.3. The molecule has 108 valence electrons. The fourth-order valence-corrected chi connectivity index (χ4v) is 2.69. The number of amides is 1. The van der Waals surface area contributed by atoms with Gasteiger partial charge >= 0.3 is 0 Å². The van der Waals surface area contributed by atoms with Gasteiger partial charge in [-0.15, -0.1) is 0 Å². The summed E-state index contributed by atoms with van der Waals surface area (Å²) in [5, 5.41) is 12.6. The zero-order valence-corrected chi connectivity index (χ0v) is 11.3. The highest BCUT2D eigenvalue weighted by Gasteiger charge is 2.38. The van der Waals surface area contributed by atoms with Gasteiger partial charge in [0.2, 0.25) is 5.91 Å². The summed E-state index contributed by atoms with van der Waals surface area (Å²) in [4.78, 5) is 14.3. The van der Waals surface area contributed by atoms with Crippen LogP contribution < -0.4 is 5.32 Å². The molecule has 0 radical (unpaired) electrons. The minimum absolute atomic E-state index is 0.0210. The van der Waals surface area contributed by atoms with Crippen molar-refractivity contribution in [2.24, 2.45) is 0 Å². The van der Waals surface area contributed by atoms with Gasteiger partial charge in [0.15, 0.2) is 0 Å². The van der Waals surface area contributed by atoms with Crippen LogP contribution in [0.2, 0.25) is 0 Å². The predicted octanol–water partition coefficient (Wildman–Crippen LogP) is 1.04. The van der Waals surface area contributed by atoms with E-state index in [0.29, 0.717) is 25.1 Å². The molecule has 1 aliphatic heterocycles. The van der Waals surface area contributed by atoms with Crippen LogP contribution >= 0.6 is 0 Å². The fraction of sp³-hybridized carbons (Fsp3) is 0.533. The summed E-state index contributed by atoms with van der Waals surface area (Å²) in [5.74, 6) is -0.294. The predicted molar refractivity (Wildman–Crippen MR) is 72.4 cm³/mol. The lowest BCUT2D eigenvalue weighted by Gasteiger charge is -2.26. The number of nitrogens with one attached hydrogen (secondary N) is 1. The van der Waals surface area contributed by atoms with Gasteiger partial charge in [0.05, 0.1) is 12.1 Å². The molecule has 1 aromatic carbocycles. The summed E-state index contributed by atoms with van der Waals surface area (Å²) >= 11 is 0. The van der Waals surface area contributed by atoms with Crippen molar-refractivity contribution in [3.05, 3.63) is 35.6 Å². The van der Waals surface area contributed by atoms with Crippen LogP contribution in [0, 0.1) is 5.82 Å². The Labute approximate surface area is 117 Å². The van der Waals surface area contributed by atoms with Crippen LogP contribution in [0.15, 0.2) is 24.3 Å². The topological polar surface area (TPSA) is 52.6 Å². The number of aliphatic hydroxyl groups is 1. The Morgan fingerprint density at radius 3 is 2.75 bits per heavy atom. The number of halogens is 1. The summed E-state index contributed by atoms with van der Waals surface area (Å²) < 4.78 is 13.7. The van der Waals surface area contributed by atoms with E-state index in [1.54, 1.807) is 23.1 Å². The van der Waals surface area contributed by atoms with Crippen LogP contribution in [0.3, 0.4) is 0 Å². The standard InChI is InChI=1S/C15H19FN2O2/c16-13-4-2-1-3-10(13)9-18(11-5-6-11)15(20)14-7-12(19)8-17-14/h1-4,11-12,14,17,19H,5-9H2. The Kier molecular flexibility index (Phi) is 3.72. The monoisotopic (exact) mass is 278 g/mol. The third-order valence-corrected chi connectivity index (χ3v) is 3.97. The molecule has 0 bridgehead atoms. The molecule has 2 atom stereocenters. The third kappa shape index (κ3) is 2.83. The number of nitrogens with zero attached hydrogens (tertiary/aromatic N) is 1. The van der Waals surface area contributed by atoms with Crippen LogP contribution in [-0.2, 0) is 11.3 Å². The van der Waals surface area contributed by atoms with E-state index in [9.17, 15) is 14.3 Å². The number of rotatable bonds is 4. The van der Waals surface area contributed by atoms with E-state index in [-0.39, 0.29) is 23.8 Å². The van der Waals surface area contributed by atoms with E-state index >= 15 is 0 Å². The minimum Gasteiger partial charge on any atom is -0.392 e. The van der Waals surface area contributed by atoms with Gasteiger partial charge in [0.25, 0.3) is 0 Å². The van der Waals surface area contributed by atoms with Crippen molar-refractivity contribution in [1.82, 2.24) is 10.2 Å². The Morgan fingerprint density at radius 2 is 2.15 bits per heavy atom. The molecule has 1 amide bonds. The number of β-amino-alcohol motifs (C(OH)–C–C–N with tert-alkyl or cyclic N) is 1. The average Bonchev–Trinajstić information content (AvgIpc) is 3.18. The summed E-state index contributed by atoms with van der Waals surface area (Å²) in [7, 11) is 0. The van der Waals surface area contributed by atoms with Gasteiger partial charge in [-0.2, -0.15) is 0 Å². The molecule has 3 rings (SSSR count). The van der Waals surface area contributed by atoms with Gasteiger partial charge in [0, 0.05) is 24.7 Å². The first kappa shape index (κ1) is 13.5. The maximum Gasteiger partial charge on any atom is 0.240 e. The van der Waals surface area contributed by atoms with Crippen molar-refractivity contribution in [2.75, 3.05) is 6.54 Å². The first-order valence-corrected chi connectivity index (χ1v) is 7.10. The summed E-state index contributed by atoms with van der Waals surface area (Å²) in [5.41, 5.74) is 0.547. The van der Waals surface area contributed by atoms with Gasteiger partial charge in [0.1, 0.15) is 5.82 Å².